The first kappa shape index (κ1) is 34.8. The van der Waals surface area contributed by atoms with Crippen LogP contribution in [0, 0.1) is 0 Å². The summed E-state index contributed by atoms with van der Waals surface area (Å²) in [6, 6.07) is 35.5. The molecule has 6 heteroatoms. The second kappa shape index (κ2) is 16.6. The lowest BCUT2D eigenvalue weighted by Gasteiger charge is -2.18. The van der Waals surface area contributed by atoms with E-state index >= 15 is 0 Å². The van der Waals surface area contributed by atoms with Gasteiger partial charge in [-0.25, -0.2) is 9.59 Å². The Balaban J connectivity index is 1.37. The molecule has 0 fully saturated rings. The van der Waals surface area contributed by atoms with Crippen LogP contribution in [-0.4, -0.2) is 17.7 Å². The molecule has 5 aromatic carbocycles. The zero-order valence-electron chi connectivity index (χ0n) is 28.5. The third kappa shape index (κ3) is 8.90. The number of rotatable bonds is 14. The number of carbonyl (C=O) groups excluding carboxylic acids is 3. The summed E-state index contributed by atoms with van der Waals surface area (Å²) in [5.74, 6) is 0.211. The van der Waals surface area contributed by atoms with Gasteiger partial charge in [0, 0.05) is 12.0 Å². The van der Waals surface area contributed by atoms with Crippen molar-refractivity contribution < 1.29 is 28.6 Å². The summed E-state index contributed by atoms with van der Waals surface area (Å²) in [6.07, 6.45) is 1.32. The Hall–Kier alpha value is -5.49. The number of esters is 2. The van der Waals surface area contributed by atoms with Gasteiger partial charge in [0.1, 0.15) is 25.6 Å². The molecule has 0 saturated heterocycles. The van der Waals surface area contributed by atoms with Gasteiger partial charge in [0.2, 0.25) is 0 Å². The highest BCUT2D eigenvalue weighted by molar-refractivity contribution is 5.97. The molecule has 0 heterocycles. The highest BCUT2D eigenvalue weighted by Gasteiger charge is 2.17. The molecule has 0 aromatic heterocycles. The van der Waals surface area contributed by atoms with Gasteiger partial charge in [0.15, 0.2) is 5.78 Å². The molecule has 0 aliphatic heterocycles. The average Bonchev–Trinajstić information content (AvgIpc) is 3.15. The van der Waals surface area contributed by atoms with Crippen LogP contribution < -0.4 is 4.74 Å². The quantitative estimate of drug-likeness (QED) is 0.0876. The number of ketones is 1. The fraction of sp³-hybridized carbons (Fsp3) is 0.233. The zero-order valence-corrected chi connectivity index (χ0v) is 28.5. The molecule has 5 aromatic rings. The molecule has 0 radical (unpaired) electrons. The third-order valence-electron chi connectivity index (χ3n) is 8.48. The van der Waals surface area contributed by atoms with E-state index in [1.807, 2.05) is 55.5 Å². The van der Waals surface area contributed by atoms with Crippen LogP contribution in [0.15, 0.2) is 115 Å². The third-order valence-corrected chi connectivity index (χ3v) is 8.48. The van der Waals surface area contributed by atoms with Crippen molar-refractivity contribution in [3.63, 3.8) is 0 Å². The van der Waals surface area contributed by atoms with Gasteiger partial charge in [0.25, 0.3) is 0 Å². The van der Waals surface area contributed by atoms with Crippen LogP contribution in [-0.2, 0) is 35.7 Å². The summed E-state index contributed by atoms with van der Waals surface area (Å²) >= 11 is 0. The van der Waals surface area contributed by atoms with Crippen molar-refractivity contribution in [2.45, 2.75) is 66.3 Å². The lowest BCUT2D eigenvalue weighted by molar-refractivity contribution is 0.0435. The molecule has 0 aliphatic carbocycles. The number of ether oxygens (including phenoxy) is 3. The fourth-order valence-corrected chi connectivity index (χ4v) is 5.68. The van der Waals surface area contributed by atoms with Gasteiger partial charge >= 0.3 is 11.9 Å². The van der Waals surface area contributed by atoms with Crippen molar-refractivity contribution in [3.8, 4) is 16.9 Å². The van der Waals surface area contributed by atoms with Gasteiger partial charge in [-0.1, -0.05) is 94.4 Å². The molecule has 0 amide bonds. The van der Waals surface area contributed by atoms with Gasteiger partial charge in [-0.05, 0) is 99.8 Å². The predicted molar refractivity (Wildman–Crippen MR) is 192 cm³/mol. The van der Waals surface area contributed by atoms with E-state index in [0.29, 0.717) is 23.3 Å². The summed E-state index contributed by atoms with van der Waals surface area (Å²) in [5, 5.41) is 0. The minimum atomic E-state index is -0.439. The molecular weight excluding hydrogens is 612 g/mol. The number of Topliss-reactive ketones (excluding diaryl/α,β-unsaturated/α-hetero) is 1. The minimum absolute atomic E-state index is 0.00361. The fourth-order valence-electron chi connectivity index (χ4n) is 5.68. The van der Waals surface area contributed by atoms with E-state index in [2.05, 4.69) is 39.0 Å². The van der Waals surface area contributed by atoms with Gasteiger partial charge in [-0.3, -0.25) is 4.79 Å². The first-order valence-electron chi connectivity index (χ1n) is 16.8. The molecule has 0 saturated carbocycles. The molecule has 0 bridgehead atoms. The molecule has 0 N–H and O–H groups in total. The van der Waals surface area contributed by atoms with E-state index < -0.39 is 11.9 Å². The van der Waals surface area contributed by atoms with Crippen LogP contribution in [0.1, 0.15) is 98.9 Å². The van der Waals surface area contributed by atoms with E-state index in [-0.39, 0.29) is 31.5 Å². The summed E-state index contributed by atoms with van der Waals surface area (Å²) < 4.78 is 17.6. The van der Waals surface area contributed by atoms with Crippen molar-refractivity contribution in [2.24, 2.45) is 0 Å². The lowest BCUT2D eigenvalue weighted by Crippen LogP contribution is -2.10. The first-order valence-corrected chi connectivity index (χ1v) is 16.8. The highest BCUT2D eigenvalue weighted by atomic mass is 16.5. The van der Waals surface area contributed by atoms with Crippen LogP contribution in [0.5, 0.6) is 5.75 Å². The van der Waals surface area contributed by atoms with E-state index in [1.54, 1.807) is 48.5 Å². The smallest absolute Gasteiger partial charge is 0.338 e. The van der Waals surface area contributed by atoms with Crippen molar-refractivity contribution in [3.05, 3.63) is 160 Å². The number of carbonyl (C=O) groups is 3. The highest BCUT2D eigenvalue weighted by Crippen LogP contribution is 2.35. The zero-order chi connectivity index (χ0) is 34.8. The SMILES string of the molecule is CCC(=O)c1ccc(-c2cc(OCc3ccc(COC(=O)c4ccccc4)c(COC(=O)c4ccccc4)c3)ccc2CC)c(C(C)C)c1. The summed E-state index contributed by atoms with van der Waals surface area (Å²) in [5.41, 5.74) is 8.49. The summed E-state index contributed by atoms with van der Waals surface area (Å²) in [4.78, 5) is 37.9. The summed E-state index contributed by atoms with van der Waals surface area (Å²) in [7, 11) is 0. The predicted octanol–water partition coefficient (Wildman–Crippen LogP) is 9.93. The molecule has 5 rings (SSSR count). The van der Waals surface area contributed by atoms with Crippen molar-refractivity contribution in [1.82, 2.24) is 0 Å². The van der Waals surface area contributed by atoms with Crippen molar-refractivity contribution >= 4 is 17.7 Å². The molecule has 0 unspecified atom stereocenters. The second-order valence-electron chi connectivity index (χ2n) is 12.2. The largest absolute Gasteiger partial charge is 0.489 e. The molecule has 6 nitrogen and oxygen atoms in total. The minimum Gasteiger partial charge on any atom is -0.489 e. The lowest BCUT2D eigenvalue weighted by atomic mass is 9.87. The Morgan fingerprint density at radius 2 is 1.18 bits per heavy atom. The Labute approximate surface area is 288 Å². The Morgan fingerprint density at radius 1 is 0.571 bits per heavy atom. The Bertz CT molecular complexity index is 1910. The maximum absolute atomic E-state index is 12.8. The normalized spacial score (nSPS) is 10.9. The number of hydrogen-bond donors (Lipinski definition) is 0. The standard InChI is InChI=1S/C43H42O6/c1-5-31-19-21-37(25-40(31)38-22-20-34(41(44)6-2)24-39(38)29(3)4)47-26-30-17-18-35(27-48-42(45)32-13-9-7-10-14-32)36(23-30)28-49-43(46)33-15-11-8-12-16-33/h7-25,29H,5-6,26-28H2,1-4H3. The topological polar surface area (TPSA) is 78.9 Å². The van der Waals surface area contributed by atoms with Crippen LogP contribution in [0.2, 0.25) is 0 Å². The van der Waals surface area contributed by atoms with E-state index in [1.165, 1.54) is 5.56 Å². The average molecular weight is 655 g/mol. The van der Waals surface area contributed by atoms with Gasteiger partial charge in [-0.2, -0.15) is 0 Å². The Morgan fingerprint density at radius 3 is 1.78 bits per heavy atom. The van der Waals surface area contributed by atoms with E-state index in [0.717, 1.165) is 45.4 Å². The maximum atomic E-state index is 12.8. The van der Waals surface area contributed by atoms with Gasteiger partial charge in [-0.15, -0.1) is 0 Å². The van der Waals surface area contributed by atoms with E-state index in [4.69, 9.17) is 14.2 Å². The molecule has 250 valence electrons. The van der Waals surface area contributed by atoms with Gasteiger partial charge < -0.3 is 14.2 Å². The molecule has 0 aliphatic rings. The second-order valence-corrected chi connectivity index (χ2v) is 12.2. The van der Waals surface area contributed by atoms with Crippen LogP contribution in [0.3, 0.4) is 0 Å². The number of benzene rings is 5. The van der Waals surface area contributed by atoms with Gasteiger partial charge in [0.05, 0.1) is 11.1 Å². The number of hydrogen-bond acceptors (Lipinski definition) is 6. The monoisotopic (exact) mass is 654 g/mol. The first-order chi connectivity index (χ1) is 23.8. The van der Waals surface area contributed by atoms with E-state index in [9.17, 15) is 14.4 Å². The molecule has 0 spiro atoms. The van der Waals surface area contributed by atoms with Crippen LogP contribution >= 0.6 is 0 Å². The molecule has 49 heavy (non-hydrogen) atoms. The van der Waals surface area contributed by atoms with Crippen LogP contribution in [0.4, 0.5) is 0 Å². The Kier molecular flexibility index (Phi) is 11.8. The summed E-state index contributed by atoms with van der Waals surface area (Å²) in [6.45, 7) is 8.61. The van der Waals surface area contributed by atoms with Crippen LogP contribution in [0.25, 0.3) is 11.1 Å². The van der Waals surface area contributed by atoms with Crippen molar-refractivity contribution in [2.75, 3.05) is 0 Å². The molecular formula is C43H42O6. The maximum Gasteiger partial charge on any atom is 0.338 e. The van der Waals surface area contributed by atoms with Crippen molar-refractivity contribution in [1.29, 1.82) is 0 Å². The number of aryl methyl sites for hydroxylation is 1. The molecule has 0 atom stereocenters.